The van der Waals surface area contributed by atoms with E-state index in [1.165, 1.54) is 7.11 Å². The summed E-state index contributed by atoms with van der Waals surface area (Å²) in [5, 5.41) is 6.18. The van der Waals surface area contributed by atoms with Gasteiger partial charge in [0.2, 0.25) is 0 Å². The fourth-order valence-electron chi connectivity index (χ4n) is 2.60. The average Bonchev–Trinajstić information content (AvgIpc) is 2.60. The Balaban J connectivity index is 2.01. The maximum absolute atomic E-state index is 12.3. The van der Waals surface area contributed by atoms with Crippen LogP contribution in [0.4, 0.5) is 5.69 Å². The van der Waals surface area contributed by atoms with Gasteiger partial charge in [0, 0.05) is 21.3 Å². The fourth-order valence-corrected chi connectivity index (χ4v) is 3.21. The van der Waals surface area contributed by atoms with E-state index in [1.807, 2.05) is 42.5 Å². The molecule has 3 rings (SSSR count). The highest BCUT2D eigenvalue weighted by Crippen LogP contribution is 2.33. The zero-order valence-corrected chi connectivity index (χ0v) is 14.4. The highest BCUT2D eigenvalue weighted by molar-refractivity contribution is 6.36. The molecular weight excluding hydrogens is 345 g/mol. The van der Waals surface area contributed by atoms with Crippen LogP contribution in [0.25, 0.3) is 10.8 Å². The molecule has 1 N–H and O–H groups in total. The van der Waals surface area contributed by atoms with Gasteiger partial charge in [0.15, 0.2) is 6.04 Å². The van der Waals surface area contributed by atoms with Gasteiger partial charge in [-0.15, -0.1) is 0 Å². The zero-order valence-electron chi connectivity index (χ0n) is 12.9. The van der Waals surface area contributed by atoms with Crippen molar-refractivity contribution in [2.75, 3.05) is 12.4 Å². The number of rotatable bonds is 4. The van der Waals surface area contributed by atoms with Gasteiger partial charge in [-0.3, -0.25) is 0 Å². The van der Waals surface area contributed by atoms with Gasteiger partial charge in [0.05, 0.1) is 7.11 Å². The molecular formula is C19H15Cl2NO2. The van der Waals surface area contributed by atoms with Crippen molar-refractivity contribution in [3.8, 4) is 0 Å². The maximum Gasteiger partial charge on any atom is 0.333 e. The third-order valence-electron chi connectivity index (χ3n) is 3.79. The van der Waals surface area contributed by atoms with Crippen molar-refractivity contribution in [1.29, 1.82) is 0 Å². The highest BCUT2D eigenvalue weighted by Gasteiger charge is 2.26. The lowest BCUT2D eigenvalue weighted by Gasteiger charge is -2.20. The number of halogens is 2. The van der Waals surface area contributed by atoms with Crippen LogP contribution in [-0.2, 0) is 9.53 Å². The molecule has 3 aromatic rings. The molecule has 1 atom stereocenters. The molecule has 0 aliphatic carbocycles. The summed E-state index contributed by atoms with van der Waals surface area (Å²) in [5.41, 5.74) is 1.28. The van der Waals surface area contributed by atoms with Gasteiger partial charge in [-0.05, 0) is 35.0 Å². The van der Waals surface area contributed by atoms with Crippen LogP contribution in [0.3, 0.4) is 0 Å². The number of nitrogens with one attached hydrogen (secondary N) is 1. The Morgan fingerprint density at radius 3 is 2.29 bits per heavy atom. The van der Waals surface area contributed by atoms with Gasteiger partial charge in [-0.25, -0.2) is 4.79 Å². The largest absolute Gasteiger partial charge is 0.467 e. The van der Waals surface area contributed by atoms with Crippen LogP contribution in [0, 0.1) is 0 Å². The SMILES string of the molecule is COC(=O)C(Nc1ccc2ccccc2c1)c1c(Cl)cccc1Cl. The second-order valence-corrected chi connectivity index (χ2v) is 6.11. The van der Waals surface area contributed by atoms with Crippen molar-refractivity contribution in [2.24, 2.45) is 0 Å². The van der Waals surface area contributed by atoms with Gasteiger partial charge in [0.1, 0.15) is 0 Å². The van der Waals surface area contributed by atoms with Gasteiger partial charge in [-0.2, -0.15) is 0 Å². The summed E-state index contributed by atoms with van der Waals surface area (Å²) in [7, 11) is 1.34. The van der Waals surface area contributed by atoms with Gasteiger partial charge < -0.3 is 10.1 Å². The molecule has 3 aromatic carbocycles. The molecule has 0 saturated heterocycles. The van der Waals surface area contributed by atoms with E-state index in [0.29, 0.717) is 15.6 Å². The van der Waals surface area contributed by atoms with Crippen molar-refractivity contribution in [1.82, 2.24) is 0 Å². The molecule has 0 aliphatic rings. The summed E-state index contributed by atoms with van der Waals surface area (Å²) >= 11 is 12.5. The number of fused-ring (bicyclic) bond motifs is 1. The normalized spacial score (nSPS) is 12.0. The lowest BCUT2D eigenvalue weighted by Crippen LogP contribution is -2.23. The van der Waals surface area contributed by atoms with Gasteiger partial charge in [0.25, 0.3) is 0 Å². The minimum atomic E-state index is -0.794. The summed E-state index contributed by atoms with van der Waals surface area (Å²) < 4.78 is 4.92. The average molecular weight is 360 g/mol. The molecule has 5 heteroatoms. The Labute approximate surface area is 150 Å². The topological polar surface area (TPSA) is 38.3 Å². The number of methoxy groups -OCH3 is 1. The molecule has 1 unspecified atom stereocenters. The number of hydrogen-bond acceptors (Lipinski definition) is 3. The molecule has 0 saturated carbocycles. The quantitative estimate of drug-likeness (QED) is 0.627. The van der Waals surface area contributed by atoms with Crippen LogP contribution in [-0.4, -0.2) is 13.1 Å². The van der Waals surface area contributed by atoms with Crippen molar-refractivity contribution < 1.29 is 9.53 Å². The third kappa shape index (κ3) is 3.32. The number of anilines is 1. The van der Waals surface area contributed by atoms with E-state index >= 15 is 0 Å². The minimum absolute atomic E-state index is 0.409. The van der Waals surface area contributed by atoms with Crippen LogP contribution >= 0.6 is 23.2 Å². The van der Waals surface area contributed by atoms with E-state index in [-0.39, 0.29) is 0 Å². The predicted octanol–water partition coefficient (Wildman–Crippen LogP) is 5.47. The molecule has 122 valence electrons. The Hall–Kier alpha value is -2.23. The number of ether oxygens (including phenoxy) is 1. The Bertz CT molecular complexity index is 875. The second-order valence-electron chi connectivity index (χ2n) is 5.30. The summed E-state index contributed by atoms with van der Waals surface area (Å²) in [5.74, 6) is -0.460. The van der Waals surface area contributed by atoms with Gasteiger partial charge >= 0.3 is 5.97 Å². The van der Waals surface area contributed by atoms with Crippen LogP contribution in [0.5, 0.6) is 0 Å². The Morgan fingerprint density at radius 1 is 0.958 bits per heavy atom. The monoisotopic (exact) mass is 359 g/mol. The molecule has 0 heterocycles. The molecule has 0 amide bonds. The Morgan fingerprint density at radius 2 is 1.62 bits per heavy atom. The first-order valence-corrected chi connectivity index (χ1v) is 8.13. The molecule has 3 nitrogen and oxygen atoms in total. The second kappa shape index (κ2) is 7.12. The van der Waals surface area contributed by atoms with Gasteiger partial charge in [-0.1, -0.05) is 59.6 Å². The van der Waals surface area contributed by atoms with E-state index in [2.05, 4.69) is 5.32 Å². The summed E-state index contributed by atoms with van der Waals surface area (Å²) in [6, 6.07) is 18.2. The molecule has 0 fully saturated rings. The van der Waals surface area contributed by atoms with Crippen molar-refractivity contribution in [3.05, 3.63) is 76.3 Å². The van der Waals surface area contributed by atoms with E-state index in [1.54, 1.807) is 18.2 Å². The maximum atomic E-state index is 12.3. The van der Waals surface area contributed by atoms with Crippen molar-refractivity contribution in [3.63, 3.8) is 0 Å². The van der Waals surface area contributed by atoms with Crippen LogP contribution < -0.4 is 5.32 Å². The van der Waals surface area contributed by atoms with Crippen molar-refractivity contribution >= 4 is 45.6 Å². The zero-order chi connectivity index (χ0) is 17.1. The van der Waals surface area contributed by atoms with Crippen molar-refractivity contribution in [2.45, 2.75) is 6.04 Å². The smallest absolute Gasteiger partial charge is 0.333 e. The summed E-state index contributed by atoms with van der Waals surface area (Å²) in [6.07, 6.45) is 0. The van der Waals surface area contributed by atoms with E-state index in [0.717, 1.165) is 16.5 Å². The lowest BCUT2D eigenvalue weighted by molar-refractivity contribution is -0.141. The van der Waals surface area contributed by atoms with Crippen LogP contribution in [0.1, 0.15) is 11.6 Å². The van der Waals surface area contributed by atoms with E-state index in [4.69, 9.17) is 27.9 Å². The summed E-state index contributed by atoms with van der Waals surface area (Å²) in [6.45, 7) is 0. The summed E-state index contributed by atoms with van der Waals surface area (Å²) in [4.78, 5) is 12.3. The van der Waals surface area contributed by atoms with E-state index < -0.39 is 12.0 Å². The number of benzene rings is 3. The minimum Gasteiger partial charge on any atom is -0.467 e. The number of carbonyl (C=O) groups excluding carboxylic acids is 1. The first kappa shape index (κ1) is 16.6. The van der Waals surface area contributed by atoms with Crippen LogP contribution in [0.2, 0.25) is 10.0 Å². The Kier molecular flexibility index (Phi) is 4.93. The first-order chi connectivity index (χ1) is 11.6. The standard InChI is InChI=1S/C19H15Cl2NO2/c1-24-19(23)18(17-15(20)7-4-8-16(17)21)22-14-10-9-12-5-2-3-6-13(12)11-14/h2-11,18,22H,1H3. The molecule has 0 radical (unpaired) electrons. The third-order valence-corrected chi connectivity index (χ3v) is 4.44. The number of carbonyl (C=O) groups is 1. The molecule has 24 heavy (non-hydrogen) atoms. The van der Waals surface area contributed by atoms with Crippen LogP contribution in [0.15, 0.2) is 60.7 Å². The molecule has 0 aliphatic heterocycles. The number of hydrogen-bond donors (Lipinski definition) is 1. The number of esters is 1. The van der Waals surface area contributed by atoms with E-state index in [9.17, 15) is 4.79 Å². The molecule has 0 spiro atoms. The molecule has 0 bridgehead atoms. The molecule has 0 aromatic heterocycles. The fraction of sp³-hybridized carbons (Fsp3) is 0.105. The first-order valence-electron chi connectivity index (χ1n) is 7.37. The highest BCUT2D eigenvalue weighted by atomic mass is 35.5. The predicted molar refractivity (Wildman–Crippen MR) is 98.8 cm³/mol. The lowest BCUT2D eigenvalue weighted by atomic mass is 10.1.